The summed E-state index contributed by atoms with van der Waals surface area (Å²) >= 11 is 0. The van der Waals surface area contributed by atoms with Crippen LogP contribution in [0.5, 0.6) is 0 Å². The highest BCUT2D eigenvalue weighted by Gasteiger charge is 2.19. The smallest absolute Gasteiger partial charge is 0.306 e. The van der Waals surface area contributed by atoms with Crippen LogP contribution in [0.2, 0.25) is 0 Å². The molecule has 0 spiro atoms. The predicted molar refractivity (Wildman–Crippen MR) is 302 cm³/mol. The quantitative estimate of drug-likeness (QED) is 0.0262. The van der Waals surface area contributed by atoms with Gasteiger partial charge < -0.3 is 14.2 Å². The average Bonchev–Trinajstić information content (AvgIpc) is 3.36. The van der Waals surface area contributed by atoms with Crippen LogP contribution in [0.3, 0.4) is 0 Å². The van der Waals surface area contributed by atoms with Crippen LogP contribution in [0.15, 0.2) is 109 Å². The molecule has 398 valence electrons. The maximum Gasteiger partial charge on any atom is 0.306 e. The maximum atomic E-state index is 12.8. The van der Waals surface area contributed by atoms with Gasteiger partial charge in [-0.2, -0.15) is 0 Å². The van der Waals surface area contributed by atoms with Crippen LogP contribution in [0.1, 0.15) is 258 Å². The first-order chi connectivity index (χ1) is 34.5. The van der Waals surface area contributed by atoms with E-state index in [2.05, 4.69) is 130 Å². The van der Waals surface area contributed by atoms with E-state index in [1.165, 1.54) is 89.9 Å². The SMILES string of the molecule is CC/C=C\C/C=C\C/C=C\C/C=C\CCCCC(=O)OC(COC(=O)CCCCCCC/C=C\C/C=C\CCCC)COC(=O)CCCCCCCCCC/C=C\C/C=C\C/C=C\CCCCCCC. The third-order valence-electron chi connectivity index (χ3n) is 12.0. The van der Waals surface area contributed by atoms with Crippen molar-refractivity contribution in [1.82, 2.24) is 0 Å². The van der Waals surface area contributed by atoms with E-state index in [1.807, 2.05) is 0 Å². The first-order valence-corrected chi connectivity index (χ1v) is 28.9. The number of unbranched alkanes of at least 4 members (excludes halogenated alkanes) is 22. The largest absolute Gasteiger partial charge is 0.462 e. The molecule has 0 amide bonds. The van der Waals surface area contributed by atoms with Crippen LogP contribution in [0.25, 0.3) is 0 Å². The van der Waals surface area contributed by atoms with Crippen molar-refractivity contribution in [3.63, 3.8) is 0 Å². The molecule has 0 N–H and O–H groups in total. The number of ether oxygens (including phenoxy) is 3. The molecule has 0 rings (SSSR count). The molecule has 0 aromatic heterocycles. The van der Waals surface area contributed by atoms with E-state index in [9.17, 15) is 14.4 Å². The van der Waals surface area contributed by atoms with Gasteiger partial charge in [0.1, 0.15) is 13.2 Å². The summed E-state index contributed by atoms with van der Waals surface area (Å²) in [5.41, 5.74) is 0. The van der Waals surface area contributed by atoms with Crippen molar-refractivity contribution in [2.45, 2.75) is 264 Å². The van der Waals surface area contributed by atoms with Gasteiger partial charge in [0.25, 0.3) is 0 Å². The van der Waals surface area contributed by atoms with E-state index < -0.39 is 6.10 Å². The van der Waals surface area contributed by atoms with Gasteiger partial charge in [-0.25, -0.2) is 0 Å². The molecule has 0 aliphatic carbocycles. The summed E-state index contributed by atoms with van der Waals surface area (Å²) in [5, 5.41) is 0. The third kappa shape index (κ3) is 55.0. The van der Waals surface area contributed by atoms with Crippen LogP contribution in [0, 0.1) is 0 Å². The van der Waals surface area contributed by atoms with Crippen molar-refractivity contribution < 1.29 is 28.6 Å². The number of allylic oxidation sites excluding steroid dienone is 18. The first kappa shape index (κ1) is 66.1. The lowest BCUT2D eigenvalue weighted by Gasteiger charge is -2.18. The normalized spacial score (nSPS) is 12.9. The summed E-state index contributed by atoms with van der Waals surface area (Å²) in [6.45, 7) is 6.42. The molecular formula is C64H106O6. The van der Waals surface area contributed by atoms with Gasteiger partial charge in [0.15, 0.2) is 6.10 Å². The highest BCUT2D eigenvalue weighted by Crippen LogP contribution is 2.14. The van der Waals surface area contributed by atoms with Gasteiger partial charge in [0.2, 0.25) is 0 Å². The number of hydrogen-bond donors (Lipinski definition) is 0. The Morgan fingerprint density at radius 2 is 0.571 bits per heavy atom. The zero-order valence-corrected chi connectivity index (χ0v) is 45.5. The zero-order chi connectivity index (χ0) is 50.7. The van der Waals surface area contributed by atoms with Gasteiger partial charge in [0, 0.05) is 19.3 Å². The Balaban J connectivity index is 4.43. The molecule has 70 heavy (non-hydrogen) atoms. The summed E-state index contributed by atoms with van der Waals surface area (Å²) in [7, 11) is 0. The van der Waals surface area contributed by atoms with Crippen LogP contribution < -0.4 is 0 Å². The van der Waals surface area contributed by atoms with E-state index in [-0.39, 0.29) is 37.5 Å². The van der Waals surface area contributed by atoms with E-state index in [1.54, 1.807) is 0 Å². The van der Waals surface area contributed by atoms with Crippen LogP contribution in [0.4, 0.5) is 0 Å². The van der Waals surface area contributed by atoms with Gasteiger partial charge in [-0.05, 0) is 122 Å². The zero-order valence-electron chi connectivity index (χ0n) is 45.5. The lowest BCUT2D eigenvalue weighted by molar-refractivity contribution is -0.167. The molecule has 1 unspecified atom stereocenters. The molecular weight excluding hydrogens is 865 g/mol. The molecule has 0 aromatic rings. The molecule has 0 saturated carbocycles. The Kier molecular flexibility index (Phi) is 54.4. The Labute approximate surface area is 431 Å². The fraction of sp³-hybridized carbons (Fsp3) is 0.672. The Morgan fingerprint density at radius 1 is 0.300 bits per heavy atom. The minimum Gasteiger partial charge on any atom is -0.462 e. The lowest BCUT2D eigenvalue weighted by atomic mass is 10.1. The highest BCUT2D eigenvalue weighted by molar-refractivity contribution is 5.71. The van der Waals surface area contributed by atoms with Gasteiger partial charge in [-0.15, -0.1) is 0 Å². The molecule has 6 nitrogen and oxygen atoms in total. The number of hydrogen-bond acceptors (Lipinski definition) is 6. The predicted octanol–water partition coefficient (Wildman–Crippen LogP) is 19.5. The molecule has 0 aromatic carbocycles. The summed E-state index contributed by atoms with van der Waals surface area (Å²) in [5.74, 6) is -0.968. The lowest BCUT2D eigenvalue weighted by Crippen LogP contribution is -2.30. The second kappa shape index (κ2) is 57.6. The Hall–Kier alpha value is -3.93. The molecule has 0 saturated heterocycles. The number of carbonyl (C=O) groups excluding carboxylic acids is 3. The minimum atomic E-state index is -0.811. The van der Waals surface area contributed by atoms with Gasteiger partial charge in [0.05, 0.1) is 0 Å². The monoisotopic (exact) mass is 971 g/mol. The second-order valence-electron chi connectivity index (χ2n) is 18.8. The van der Waals surface area contributed by atoms with Crippen LogP contribution in [-0.4, -0.2) is 37.2 Å². The summed E-state index contributed by atoms with van der Waals surface area (Å²) < 4.78 is 16.8. The van der Waals surface area contributed by atoms with Crippen molar-refractivity contribution in [2.24, 2.45) is 0 Å². The molecule has 0 radical (unpaired) electrons. The van der Waals surface area contributed by atoms with Crippen molar-refractivity contribution in [3.8, 4) is 0 Å². The Bertz CT molecular complexity index is 1440. The van der Waals surface area contributed by atoms with Crippen molar-refractivity contribution in [1.29, 1.82) is 0 Å². The summed E-state index contributed by atoms with van der Waals surface area (Å²) in [4.78, 5) is 38.1. The van der Waals surface area contributed by atoms with Gasteiger partial charge in [-0.1, -0.05) is 226 Å². The van der Waals surface area contributed by atoms with Gasteiger partial charge in [-0.3, -0.25) is 14.4 Å². The van der Waals surface area contributed by atoms with E-state index in [4.69, 9.17) is 14.2 Å². The molecule has 0 bridgehead atoms. The summed E-state index contributed by atoms with van der Waals surface area (Å²) in [6, 6.07) is 0. The highest BCUT2D eigenvalue weighted by atomic mass is 16.6. The first-order valence-electron chi connectivity index (χ1n) is 28.9. The van der Waals surface area contributed by atoms with Crippen molar-refractivity contribution in [3.05, 3.63) is 109 Å². The van der Waals surface area contributed by atoms with Crippen LogP contribution in [-0.2, 0) is 28.6 Å². The van der Waals surface area contributed by atoms with Crippen molar-refractivity contribution in [2.75, 3.05) is 13.2 Å². The van der Waals surface area contributed by atoms with Crippen molar-refractivity contribution >= 4 is 17.9 Å². The van der Waals surface area contributed by atoms with Gasteiger partial charge >= 0.3 is 17.9 Å². The average molecular weight is 972 g/mol. The third-order valence-corrected chi connectivity index (χ3v) is 12.0. The topological polar surface area (TPSA) is 78.9 Å². The molecule has 0 fully saturated rings. The maximum absolute atomic E-state index is 12.8. The fourth-order valence-corrected chi connectivity index (χ4v) is 7.63. The van der Waals surface area contributed by atoms with E-state index >= 15 is 0 Å². The molecule has 0 heterocycles. The molecule has 0 aliphatic heterocycles. The number of esters is 3. The number of rotatable bonds is 51. The van der Waals surface area contributed by atoms with Crippen LogP contribution >= 0.6 is 0 Å². The molecule has 1 atom stereocenters. The molecule has 0 aliphatic rings. The number of carbonyl (C=O) groups is 3. The van der Waals surface area contributed by atoms with E-state index in [0.29, 0.717) is 19.3 Å². The Morgan fingerprint density at radius 3 is 0.943 bits per heavy atom. The molecule has 6 heteroatoms. The summed E-state index contributed by atoms with van der Waals surface area (Å²) in [6.07, 6.45) is 77.9. The van der Waals surface area contributed by atoms with E-state index in [0.717, 1.165) is 122 Å². The fourth-order valence-electron chi connectivity index (χ4n) is 7.63. The standard InChI is InChI=1S/C64H106O6/c1-4-7-10-13-16-19-22-25-28-29-30-31-32-33-34-35-37-39-42-45-48-51-54-57-63(66)69-60-61(59-68-62(65)56-53-50-47-44-41-38-27-24-21-18-15-12-9-6-3)70-64(67)58-55-52-49-46-43-40-36-26-23-20-17-14-11-8-5-2/h8,11,15,17-18,20,22,24-27,29-30,32-33,36,43,46,61H,4-7,9-10,12-14,16,19,21,23,28,31,34-35,37-42,44-45,47-60H2,1-3H3/b11-8-,18-15-,20-17-,25-22-,27-24-,30-29-,33-32-,36-26-,46-43-. The minimum absolute atomic E-state index is 0.105. The second-order valence-corrected chi connectivity index (χ2v) is 18.8.